The zero-order chi connectivity index (χ0) is 13.6. The van der Waals surface area contributed by atoms with Gasteiger partial charge < -0.3 is 5.32 Å². The first-order chi connectivity index (χ1) is 8.56. The maximum atomic E-state index is 6.01. The fourth-order valence-corrected chi connectivity index (χ4v) is 3.37. The number of thioether (sulfide) groups is 1. The van der Waals surface area contributed by atoms with Gasteiger partial charge in [0.15, 0.2) is 0 Å². The van der Waals surface area contributed by atoms with E-state index in [1.54, 1.807) is 0 Å². The van der Waals surface area contributed by atoms with Crippen molar-refractivity contribution in [3.8, 4) is 0 Å². The summed E-state index contributed by atoms with van der Waals surface area (Å²) < 4.78 is 1.47. The van der Waals surface area contributed by atoms with E-state index < -0.39 is 0 Å². The molecule has 102 valence electrons. The number of nitrogens with one attached hydrogen (secondary N) is 1. The highest BCUT2D eigenvalue weighted by Crippen LogP contribution is 2.29. The van der Waals surface area contributed by atoms with Crippen molar-refractivity contribution in [2.24, 2.45) is 0 Å². The fourth-order valence-electron chi connectivity index (χ4n) is 1.96. The van der Waals surface area contributed by atoms with Crippen molar-refractivity contribution in [2.75, 3.05) is 12.8 Å². The molecular formula is C14H21BrClNS. The van der Waals surface area contributed by atoms with Crippen LogP contribution in [0.25, 0.3) is 0 Å². The molecule has 0 heterocycles. The van der Waals surface area contributed by atoms with E-state index in [1.807, 2.05) is 30.0 Å². The molecule has 1 N–H and O–H groups in total. The van der Waals surface area contributed by atoms with Gasteiger partial charge in [-0.15, -0.1) is 0 Å². The summed E-state index contributed by atoms with van der Waals surface area (Å²) in [4.78, 5) is 0. The van der Waals surface area contributed by atoms with Crippen LogP contribution in [0.15, 0.2) is 22.7 Å². The summed E-state index contributed by atoms with van der Waals surface area (Å²) in [5.74, 6) is 0. The summed E-state index contributed by atoms with van der Waals surface area (Å²) in [6.07, 6.45) is 4.58. The SMILES string of the molecule is CCC(CC)(CNCc1cc(Cl)ccc1Br)SC. The van der Waals surface area contributed by atoms with E-state index >= 15 is 0 Å². The van der Waals surface area contributed by atoms with Crippen LogP contribution in [0.1, 0.15) is 32.3 Å². The van der Waals surface area contributed by atoms with Crippen LogP contribution in [0.2, 0.25) is 5.02 Å². The molecule has 0 fully saturated rings. The molecule has 0 amide bonds. The highest BCUT2D eigenvalue weighted by atomic mass is 79.9. The molecule has 0 saturated heterocycles. The molecule has 1 nitrogen and oxygen atoms in total. The van der Waals surface area contributed by atoms with Crippen molar-refractivity contribution in [3.05, 3.63) is 33.3 Å². The van der Waals surface area contributed by atoms with Gasteiger partial charge in [-0.3, -0.25) is 0 Å². The molecule has 0 unspecified atom stereocenters. The molecule has 1 aromatic rings. The smallest absolute Gasteiger partial charge is 0.0410 e. The van der Waals surface area contributed by atoms with E-state index in [4.69, 9.17) is 11.6 Å². The molecule has 0 spiro atoms. The van der Waals surface area contributed by atoms with Crippen molar-refractivity contribution in [1.82, 2.24) is 5.32 Å². The number of hydrogen-bond donors (Lipinski definition) is 1. The Hall–Kier alpha value is 0.300. The minimum absolute atomic E-state index is 0.352. The monoisotopic (exact) mass is 349 g/mol. The van der Waals surface area contributed by atoms with Gasteiger partial charge in [-0.05, 0) is 42.9 Å². The minimum Gasteiger partial charge on any atom is -0.311 e. The molecule has 4 heteroatoms. The van der Waals surface area contributed by atoms with E-state index in [1.165, 1.54) is 18.4 Å². The van der Waals surface area contributed by atoms with Crippen LogP contribution in [-0.4, -0.2) is 17.5 Å². The van der Waals surface area contributed by atoms with Crippen LogP contribution in [0.3, 0.4) is 0 Å². The number of halogens is 2. The molecule has 0 atom stereocenters. The predicted molar refractivity (Wildman–Crippen MR) is 87.7 cm³/mol. The molecule has 0 aromatic heterocycles. The Labute approximate surface area is 128 Å². The van der Waals surface area contributed by atoms with Crippen molar-refractivity contribution in [1.29, 1.82) is 0 Å². The van der Waals surface area contributed by atoms with Crippen LogP contribution in [0.5, 0.6) is 0 Å². The Morgan fingerprint density at radius 1 is 1.33 bits per heavy atom. The van der Waals surface area contributed by atoms with Gasteiger partial charge in [0.05, 0.1) is 0 Å². The maximum absolute atomic E-state index is 6.01. The molecule has 0 aliphatic rings. The standard InChI is InChI=1S/C14H21BrClNS/c1-4-14(5-2,18-3)10-17-9-11-8-12(16)6-7-13(11)15/h6-8,17H,4-5,9-10H2,1-3H3. The van der Waals surface area contributed by atoms with Crippen LogP contribution in [0.4, 0.5) is 0 Å². The molecule has 0 saturated carbocycles. The number of benzene rings is 1. The number of hydrogen-bond acceptors (Lipinski definition) is 2. The molecule has 1 aromatic carbocycles. The lowest BCUT2D eigenvalue weighted by atomic mass is 10.0. The van der Waals surface area contributed by atoms with E-state index in [0.29, 0.717) is 4.75 Å². The van der Waals surface area contributed by atoms with Crippen molar-refractivity contribution >= 4 is 39.3 Å². The van der Waals surface area contributed by atoms with Gasteiger partial charge in [0.2, 0.25) is 0 Å². The van der Waals surface area contributed by atoms with Crippen LogP contribution in [-0.2, 0) is 6.54 Å². The molecule has 0 aliphatic carbocycles. The van der Waals surface area contributed by atoms with E-state index in [-0.39, 0.29) is 0 Å². The summed E-state index contributed by atoms with van der Waals surface area (Å²) in [6.45, 7) is 6.40. The number of rotatable bonds is 7. The highest BCUT2D eigenvalue weighted by molar-refractivity contribution is 9.10. The summed E-state index contributed by atoms with van der Waals surface area (Å²) in [7, 11) is 0. The lowest BCUT2D eigenvalue weighted by Gasteiger charge is -2.30. The third-order valence-corrected chi connectivity index (χ3v) is 6.09. The average molecular weight is 351 g/mol. The quantitative estimate of drug-likeness (QED) is 0.733. The summed E-state index contributed by atoms with van der Waals surface area (Å²) in [6, 6.07) is 5.91. The first-order valence-electron chi connectivity index (χ1n) is 6.26. The first kappa shape index (κ1) is 16.4. The topological polar surface area (TPSA) is 12.0 Å². The minimum atomic E-state index is 0.352. The Morgan fingerprint density at radius 2 is 2.00 bits per heavy atom. The van der Waals surface area contributed by atoms with Crippen LogP contribution >= 0.6 is 39.3 Å². The average Bonchev–Trinajstić information content (AvgIpc) is 2.39. The lowest BCUT2D eigenvalue weighted by Crippen LogP contribution is -2.36. The van der Waals surface area contributed by atoms with Gasteiger partial charge in [0.1, 0.15) is 0 Å². The van der Waals surface area contributed by atoms with E-state index in [9.17, 15) is 0 Å². The normalized spacial score (nSPS) is 11.8. The summed E-state index contributed by atoms with van der Waals surface area (Å²) >= 11 is 11.5. The van der Waals surface area contributed by atoms with Gasteiger partial charge >= 0.3 is 0 Å². The second-order valence-corrected chi connectivity index (χ2v) is 7.00. The zero-order valence-corrected chi connectivity index (χ0v) is 14.4. The molecule has 1 rings (SSSR count). The highest BCUT2D eigenvalue weighted by Gasteiger charge is 2.24. The van der Waals surface area contributed by atoms with Gasteiger partial charge in [-0.1, -0.05) is 41.4 Å². The lowest BCUT2D eigenvalue weighted by molar-refractivity contribution is 0.494. The van der Waals surface area contributed by atoms with Gasteiger partial charge in [0.25, 0.3) is 0 Å². The Bertz CT molecular complexity index is 372. The van der Waals surface area contributed by atoms with Crippen LogP contribution < -0.4 is 5.32 Å². The second kappa shape index (κ2) is 7.78. The van der Waals surface area contributed by atoms with Gasteiger partial charge in [0, 0.05) is 27.3 Å². The maximum Gasteiger partial charge on any atom is 0.0410 e. The Balaban J connectivity index is 2.57. The summed E-state index contributed by atoms with van der Waals surface area (Å²) in [5.41, 5.74) is 1.21. The second-order valence-electron chi connectivity index (χ2n) is 4.43. The molecule has 18 heavy (non-hydrogen) atoms. The predicted octanol–water partition coefficient (Wildman–Crippen LogP) is 5.11. The largest absolute Gasteiger partial charge is 0.311 e. The van der Waals surface area contributed by atoms with Crippen molar-refractivity contribution < 1.29 is 0 Å². The van der Waals surface area contributed by atoms with Gasteiger partial charge in [-0.2, -0.15) is 11.8 Å². The van der Waals surface area contributed by atoms with Gasteiger partial charge in [-0.25, -0.2) is 0 Å². The third kappa shape index (κ3) is 4.44. The van der Waals surface area contributed by atoms with Crippen LogP contribution in [0, 0.1) is 0 Å². The Kier molecular flexibility index (Phi) is 7.07. The first-order valence-corrected chi connectivity index (χ1v) is 8.66. The van der Waals surface area contributed by atoms with Crippen molar-refractivity contribution in [2.45, 2.75) is 38.0 Å². The summed E-state index contributed by atoms with van der Waals surface area (Å²) in [5, 5.41) is 4.34. The fraction of sp³-hybridized carbons (Fsp3) is 0.571. The van der Waals surface area contributed by atoms with E-state index in [0.717, 1.165) is 22.6 Å². The molecular weight excluding hydrogens is 330 g/mol. The zero-order valence-electron chi connectivity index (χ0n) is 11.2. The van der Waals surface area contributed by atoms with E-state index in [2.05, 4.69) is 41.3 Å². The molecule has 0 bridgehead atoms. The third-order valence-electron chi connectivity index (χ3n) is 3.49. The van der Waals surface area contributed by atoms with Crippen molar-refractivity contribution in [3.63, 3.8) is 0 Å². The molecule has 0 radical (unpaired) electrons. The molecule has 0 aliphatic heterocycles. The Morgan fingerprint density at radius 3 is 2.56 bits per heavy atom.